The molecule has 0 aliphatic rings. The SMILES string of the molecule is CC(C)Oc1ncnc(Nc2ccc(F)c(F)c2F)c1N. The fourth-order valence-electron chi connectivity index (χ4n) is 1.55. The van der Waals surface area contributed by atoms with Gasteiger partial charge in [-0.05, 0) is 26.0 Å². The van der Waals surface area contributed by atoms with Crippen molar-refractivity contribution in [1.29, 1.82) is 0 Å². The standard InChI is InChI=1S/C13H13F3N4O/c1-6(2)21-13-11(17)12(18-5-19-13)20-8-4-3-7(14)9(15)10(8)16/h3-6H,17H2,1-2H3,(H,18,19,20). The minimum absolute atomic E-state index is 0.0329. The van der Waals surface area contributed by atoms with Crippen molar-refractivity contribution in [3.63, 3.8) is 0 Å². The van der Waals surface area contributed by atoms with Crippen LogP contribution in [-0.4, -0.2) is 16.1 Å². The van der Waals surface area contributed by atoms with Gasteiger partial charge in [-0.3, -0.25) is 0 Å². The smallest absolute Gasteiger partial charge is 0.242 e. The molecule has 112 valence electrons. The zero-order chi connectivity index (χ0) is 15.6. The van der Waals surface area contributed by atoms with Gasteiger partial charge < -0.3 is 15.8 Å². The summed E-state index contributed by atoms with van der Waals surface area (Å²) in [4.78, 5) is 7.67. The molecule has 0 fully saturated rings. The lowest BCUT2D eigenvalue weighted by Crippen LogP contribution is -2.11. The Labute approximate surface area is 119 Å². The summed E-state index contributed by atoms with van der Waals surface area (Å²) in [5.74, 6) is -4.07. The first kappa shape index (κ1) is 14.9. The largest absolute Gasteiger partial charge is 0.473 e. The van der Waals surface area contributed by atoms with Crippen LogP contribution in [0.4, 0.5) is 30.4 Å². The Morgan fingerprint density at radius 1 is 1.14 bits per heavy atom. The van der Waals surface area contributed by atoms with E-state index >= 15 is 0 Å². The van der Waals surface area contributed by atoms with Gasteiger partial charge in [0.1, 0.15) is 12.0 Å². The molecule has 0 amide bonds. The van der Waals surface area contributed by atoms with Gasteiger partial charge in [0.25, 0.3) is 0 Å². The second-order valence-corrected chi connectivity index (χ2v) is 4.46. The van der Waals surface area contributed by atoms with Crippen LogP contribution in [0.1, 0.15) is 13.8 Å². The number of hydrogen-bond acceptors (Lipinski definition) is 5. The maximum Gasteiger partial charge on any atom is 0.242 e. The van der Waals surface area contributed by atoms with E-state index in [0.717, 1.165) is 18.5 Å². The number of benzene rings is 1. The van der Waals surface area contributed by atoms with Crippen molar-refractivity contribution >= 4 is 17.2 Å². The molecule has 0 aliphatic heterocycles. The van der Waals surface area contributed by atoms with Crippen molar-refractivity contribution in [3.05, 3.63) is 35.9 Å². The number of nitrogens with zero attached hydrogens (tertiary/aromatic N) is 2. The van der Waals surface area contributed by atoms with Crippen LogP contribution in [-0.2, 0) is 0 Å². The summed E-state index contributed by atoms with van der Waals surface area (Å²) in [5, 5.41) is 2.48. The molecule has 1 heterocycles. The summed E-state index contributed by atoms with van der Waals surface area (Å²) in [5.41, 5.74) is 5.54. The van der Waals surface area contributed by atoms with Crippen LogP contribution in [0, 0.1) is 17.5 Å². The molecule has 0 atom stereocenters. The molecule has 1 aromatic heterocycles. The summed E-state index contributed by atoms with van der Waals surface area (Å²) >= 11 is 0. The molecule has 0 saturated carbocycles. The minimum Gasteiger partial charge on any atom is -0.473 e. The third-order valence-electron chi connectivity index (χ3n) is 2.48. The number of nitrogens with one attached hydrogen (secondary N) is 1. The van der Waals surface area contributed by atoms with Crippen LogP contribution in [0.15, 0.2) is 18.5 Å². The van der Waals surface area contributed by atoms with Gasteiger partial charge in [-0.25, -0.2) is 18.2 Å². The van der Waals surface area contributed by atoms with Crippen LogP contribution in [0.2, 0.25) is 0 Å². The van der Waals surface area contributed by atoms with Crippen molar-refractivity contribution in [2.45, 2.75) is 20.0 Å². The highest BCUT2D eigenvalue weighted by Crippen LogP contribution is 2.29. The minimum atomic E-state index is -1.58. The Hall–Kier alpha value is -2.51. The number of hydrogen-bond donors (Lipinski definition) is 2. The predicted molar refractivity (Wildman–Crippen MR) is 71.8 cm³/mol. The lowest BCUT2D eigenvalue weighted by atomic mass is 10.2. The zero-order valence-corrected chi connectivity index (χ0v) is 11.3. The Balaban J connectivity index is 2.34. The summed E-state index contributed by atoms with van der Waals surface area (Å²) < 4.78 is 45.0. The molecule has 0 radical (unpaired) electrons. The molecule has 5 nitrogen and oxygen atoms in total. The van der Waals surface area contributed by atoms with Crippen molar-refractivity contribution in [2.24, 2.45) is 0 Å². The van der Waals surface area contributed by atoms with E-state index in [9.17, 15) is 13.2 Å². The Bertz CT molecular complexity index is 664. The Morgan fingerprint density at radius 3 is 2.52 bits per heavy atom. The molecule has 0 spiro atoms. The Kier molecular flexibility index (Phi) is 4.15. The van der Waals surface area contributed by atoms with Crippen molar-refractivity contribution in [2.75, 3.05) is 11.1 Å². The first-order valence-electron chi connectivity index (χ1n) is 6.07. The highest BCUT2D eigenvalue weighted by atomic mass is 19.2. The summed E-state index contributed by atoms with van der Waals surface area (Å²) in [6.07, 6.45) is 0.990. The average Bonchev–Trinajstić information content (AvgIpc) is 2.43. The molecule has 1 aromatic carbocycles. The van der Waals surface area contributed by atoms with Crippen molar-refractivity contribution in [1.82, 2.24) is 9.97 Å². The van der Waals surface area contributed by atoms with Gasteiger partial charge in [-0.1, -0.05) is 0 Å². The number of aromatic nitrogens is 2. The van der Waals surface area contributed by atoms with Gasteiger partial charge in [0, 0.05) is 0 Å². The molecule has 8 heteroatoms. The molecule has 0 saturated heterocycles. The fourth-order valence-corrected chi connectivity index (χ4v) is 1.55. The highest BCUT2D eigenvalue weighted by molar-refractivity contribution is 5.72. The number of halogens is 3. The van der Waals surface area contributed by atoms with E-state index < -0.39 is 17.5 Å². The van der Waals surface area contributed by atoms with Gasteiger partial charge >= 0.3 is 0 Å². The van der Waals surface area contributed by atoms with E-state index in [4.69, 9.17) is 10.5 Å². The van der Waals surface area contributed by atoms with E-state index in [-0.39, 0.29) is 29.2 Å². The third-order valence-corrected chi connectivity index (χ3v) is 2.48. The molecule has 0 bridgehead atoms. The molecule has 2 aromatic rings. The average molecular weight is 298 g/mol. The van der Waals surface area contributed by atoms with Crippen LogP contribution in [0.25, 0.3) is 0 Å². The number of nitrogens with two attached hydrogens (primary N) is 1. The second-order valence-electron chi connectivity index (χ2n) is 4.46. The van der Waals surface area contributed by atoms with Gasteiger partial charge in [0.15, 0.2) is 23.3 Å². The van der Waals surface area contributed by atoms with Crippen molar-refractivity contribution in [3.8, 4) is 5.88 Å². The molecular weight excluding hydrogens is 285 g/mol. The molecule has 0 aliphatic carbocycles. The fraction of sp³-hybridized carbons (Fsp3) is 0.231. The van der Waals surface area contributed by atoms with E-state index in [2.05, 4.69) is 15.3 Å². The number of anilines is 3. The van der Waals surface area contributed by atoms with Crippen LogP contribution in [0.3, 0.4) is 0 Å². The number of ether oxygens (including phenoxy) is 1. The lowest BCUT2D eigenvalue weighted by Gasteiger charge is -2.14. The molecule has 3 N–H and O–H groups in total. The van der Waals surface area contributed by atoms with Crippen LogP contribution in [0.5, 0.6) is 5.88 Å². The normalized spacial score (nSPS) is 10.8. The molecular formula is C13H13F3N4O. The van der Waals surface area contributed by atoms with E-state index in [1.807, 2.05) is 0 Å². The number of nitrogen functional groups attached to an aromatic ring is 1. The maximum absolute atomic E-state index is 13.6. The van der Waals surface area contributed by atoms with Gasteiger partial charge in [0.05, 0.1) is 11.8 Å². The van der Waals surface area contributed by atoms with Crippen LogP contribution >= 0.6 is 0 Å². The summed E-state index contributed by atoms with van der Waals surface area (Å²) in [6, 6.07) is 1.84. The zero-order valence-electron chi connectivity index (χ0n) is 11.3. The quantitative estimate of drug-likeness (QED) is 0.849. The van der Waals surface area contributed by atoms with Gasteiger partial charge in [0.2, 0.25) is 5.88 Å². The van der Waals surface area contributed by atoms with Gasteiger partial charge in [-0.15, -0.1) is 0 Å². The van der Waals surface area contributed by atoms with Crippen LogP contribution < -0.4 is 15.8 Å². The summed E-state index contributed by atoms with van der Waals surface area (Å²) in [7, 11) is 0. The topological polar surface area (TPSA) is 73.1 Å². The maximum atomic E-state index is 13.6. The monoisotopic (exact) mass is 298 g/mol. The predicted octanol–water partition coefficient (Wildman–Crippen LogP) is 3.01. The molecule has 0 unspecified atom stereocenters. The van der Waals surface area contributed by atoms with E-state index in [1.165, 1.54) is 0 Å². The molecule has 21 heavy (non-hydrogen) atoms. The second kappa shape index (κ2) is 5.86. The van der Waals surface area contributed by atoms with Crippen molar-refractivity contribution < 1.29 is 17.9 Å². The summed E-state index contributed by atoms with van der Waals surface area (Å²) in [6.45, 7) is 3.56. The first-order valence-corrected chi connectivity index (χ1v) is 6.07. The van der Waals surface area contributed by atoms with Gasteiger partial charge in [-0.2, -0.15) is 4.98 Å². The highest BCUT2D eigenvalue weighted by Gasteiger charge is 2.16. The van der Waals surface area contributed by atoms with E-state index in [1.54, 1.807) is 13.8 Å². The lowest BCUT2D eigenvalue weighted by molar-refractivity contribution is 0.234. The molecule has 2 rings (SSSR count). The Morgan fingerprint density at radius 2 is 1.86 bits per heavy atom. The third kappa shape index (κ3) is 3.15. The van der Waals surface area contributed by atoms with E-state index in [0.29, 0.717) is 0 Å². The first-order chi connectivity index (χ1) is 9.90. The number of rotatable bonds is 4.